The number of rotatable bonds is 30. The van der Waals surface area contributed by atoms with Gasteiger partial charge in [-0.1, -0.05) is 236 Å². The topological polar surface area (TPSA) is 302 Å². The predicted molar refractivity (Wildman–Crippen MR) is 419 cm³/mol. The molecule has 0 radical (unpaired) electrons. The van der Waals surface area contributed by atoms with Gasteiger partial charge >= 0.3 is 0 Å². The molecule has 6 aromatic carbocycles. The lowest BCUT2D eigenvalue weighted by atomic mass is 9.88. The first-order valence-corrected chi connectivity index (χ1v) is 40.6. The van der Waals surface area contributed by atoms with E-state index in [1.807, 2.05) is 244 Å². The van der Waals surface area contributed by atoms with Crippen molar-refractivity contribution in [3.63, 3.8) is 0 Å². The van der Waals surface area contributed by atoms with Gasteiger partial charge in [0.1, 0.15) is 59.9 Å². The molecule has 114 heavy (non-hydrogen) atoms. The first kappa shape index (κ1) is 85.5. The molecule has 6 aromatic rings. The van der Waals surface area contributed by atoms with E-state index in [-0.39, 0.29) is 68.6 Å². The fourth-order valence-electron chi connectivity index (χ4n) is 16.2. The van der Waals surface area contributed by atoms with Gasteiger partial charge in [0.05, 0.1) is 121 Å². The van der Waals surface area contributed by atoms with Gasteiger partial charge in [0.2, 0.25) is 0 Å². The highest BCUT2D eigenvalue weighted by Crippen LogP contribution is 2.46. The van der Waals surface area contributed by atoms with Crippen molar-refractivity contribution in [3.05, 3.63) is 236 Å². The minimum absolute atomic E-state index is 0.109. The molecular weight excluding hydrogens is 1530 g/mol. The van der Waals surface area contributed by atoms with Crippen LogP contribution < -0.4 is 0 Å². The summed E-state index contributed by atoms with van der Waals surface area (Å²) >= 11 is 3.71. The van der Waals surface area contributed by atoms with Crippen molar-refractivity contribution in [1.82, 2.24) is 0 Å². The van der Waals surface area contributed by atoms with E-state index in [1.165, 1.54) is 0 Å². The highest BCUT2D eigenvalue weighted by Gasteiger charge is 2.61. The van der Waals surface area contributed by atoms with Crippen LogP contribution in [0.15, 0.2) is 192 Å². The minimum Gasteiger partial charge on any atom is -0.374 e. The minimum atomic E-state index is -1.36. The number of ether oxygens (including phenoxy) is 20. The van der Waals surface area contributed by atoms with Crippen LogP contribution in [0.2, 0.25) is 0 Å². The van der Waals surface area contributed by atoms with Crippen LogP contribution in [0.1, 0.15) is 103 Å². The quantitative estimate of drug-likeness (QED) is 0.0190. The molecule has 8 saturated heterocycles. The number of benzene rings is 6. The maximum absolute atomic E-state index is 11.3. The van der Waals surface area contributed by atoms with E-state index in [0.717, 1.165) is 33.4 Å². The molecule has 0 saturated carbocycles. The van der Waals surface area contributed by atoms with Crippen molar-refractivity contribution in [2.45, 2.75) is 267 Å². The number of fused-ring (bicyclic) bond motifs is 2. The molecule has 8 aliphatic heterocycles. The Morgan fingerprint density at radius 2 is 0.702 bits per heavy atom. The second-order valence-corrected chi connectivity index (χ2v) is 32.4. The molecule has 28 heteroatoms. The number of aliphatic hydroxyl groups is 1. The fraction of sp³-hybridized carbons (Fsp3) is 0.581. The molecule has 0 aromatic heterocycles. The lowest BCUT2D eigenvalue weighted by molar-refractivity contribution is -0.352. The summed E-state index contributed by atoms with van der Waals surface area (Å²) in [7, 11) is 0. The van der Waals surface area contributed by atoms with Gasteiger partial charge in [0.25, 0.3) is 0 Å². The number of nitrogens with zero attached hydrogens (tertiary/aromatic N) is 6. The zero-order valence-electron chi connectivity index (χ0n) is 66.2. The number of azide groups is 2. The van der Waals surface area contributed by atoms with Crippen LogP contribution in [0.5, 0.6) is 0 Å². The fourth-order valence-corrected chi connectivity index (χ4v) is 17.1. The van der Waals surface area contributed by atoms with Gasteiger partial charge in [-0.25, -0.2) is 0 Å². The Balaban J connectivity index is 0.000000199. The van der Waals surface area contributed by atoms with Gasteiger partial charge in [0.15, 0.2) is 43.0 Å². The van der Waals surface area contributed by atoms with E-state index >= 15 is 0 Å². The van der Waals surface area contributed by atoms with E-state index in [9.17, 15) is 16.2 Å². The maximum atomic E-state index is 11.3. The van der Waals surface area contributed by atoms with Gasteiger partial charge in [-0.3, -0.25) is 0 Å². The largest absolute Gasteiger partial charge is 0.374 e. The van der Waals surface area contributed by atoms with Gasteiger partial charge < -0.3 is 99.8 Å². The molecule has 8 fully saturated rings. The Kier molecular flexibility index (Phi) is 30.3. The van der Waals surface area contributed by atoms with Crippen molar-refractivity contribution in [2.24, 2.45) is 33.9 Å². The Morgan fingerprint density at radius 1 is 0.386 bits per heavy atom. The predicted octanol–water partition coefficient (Wildman–Crippen LogP) is 14.3. The summed E-state index contributed by atoms with van der Waals surface area (Å²) in [6, 6.07) is 58.6. The monoisotopic (exact) mass is 1640 g/mol. The van der Waals surface area contributed by atoms with E-state index in [1.54, 1.807) is 0 Å². The van der Waals surface area contributed by atoms with E-state index < -0.39 is 139 Å². The molecule has 0 amide bonds. The first-order chi connectivity index (χ1) is 55.2. The SMILES string of the molecule is CC1C(OCc2ccccc2)[C@H](OCc2ccccc2)CO[C@H]1O[C@H]1C(C)O[C@@H](OC2C(C)[C@@H](N=[N+]=[N-])C(COCc3ccccc3)O[C@@H]2Br)C2OC(C)(C)OC21.CC1C(OCc2ccccc2)[C@H](OCc2ccccc2)CO[C@H]1O[C@H]1C(C)O[C@@H](OC2C(O)OC(COCc3ccccc3)[C@H](N=[N+]=[N-])C2C)C2OC(C)(C)OC21. The average Bonchev–Trinajstić information content (AvgIpc) is 1.58. The van der Waals surface area contributed by atoms with Crippen LogP contribution in [0.3, 0.4) is 0 Å². The van der Waals surface area contributed by atoms with Crippen molar-refractivity contribution in [3.8, 4) is 0 Å². The smallest absolute Gasteiger partial charge is 0.187 e. The summed E-state index contributed by atoms with van der Waals surface area (Å²) in [4.78, 5) is 6.23. The summed E-state index contributed by atoms with van der Waals surface area (Å²) in [6.07, 6.45) is -13.3. The maximum Gasteiger partial charge on any atom is 0.187 e. The Bertz CT molecular complexity index is 3730. The normalized spacial score (nSPS) is 36.2. The number of aliphatic hydroxyl groups excluding tert-OH is 1. The Hall–Kier alpha value is -6.42. The molecule has 1 N–H and O–H groups in total. The molecule has 8 heterocycles. The van der Waals surface area contributed by atoms with Crippen molar-refractivity contribution >= 4 is 15.9 Å². The highest BCUT2D eigenvalue weighted by molar-refractivity contribution is 9.09. The summed E-state index contributed by atoms with van der Waals surface area (Å²) in [5.74, 6) is -3.14. The second-order valence-electron chi connectivity index (χ2n) is 31.5. The van der Waals surface area contributed by atoms with E-state index in [0.29, 0.717) is 39.6 Å². The molecule has 616 valence electrons. The summed E-state index contributed by atoms with van der Waals surface area (Å²) in [5, 5.41) is 18.9. The number of halogens is 1. The average molecular weight is 1640 g/mol. The molecule has 0 aliphatic carbocycles. The number of alkyl halides is 1. The Labute approximate surface area is 675 Å². The summed E-state index contributed by atoms with van der Waals surface area (Å²) in [5.41, 5.74) is 25.3. The van der Waals surface area contributed by atoms with E-state index in [2.05, 4.69) is 42.9 Å². The number of hydrogen-bond acceptors (Lipinski definition) is 23. The van der Waals surface area contributed by atoms with E-state index in [4.69, 9.17) is 94.7 Å². The van der Waals surface area contributed by atoms with Gasteiger partial charge in [0, 0.05) is 21.7 Å². The molecule has 0 bridgehead atoms. The summed E-state index contributed by atoms with van der Waals surface area (Å²) < 4.78 is 129. The summed E-state index contributed by atoms with van der Waals surface area (Å²) in [6.45, 7) is 22.4. The molecule has 14 rings (SSSR count). The molecule has 27 nitrogen and oxygen atoms in total. The molecule has 28 atom stereocenters. The lowest BCUT2D eigenvalue weighted by Crippen LogP contribution is -2.62. The molecular formula is C86H109BrN6O21. The van der Waals surface area contributed by atoms with Gasteiger partial charge in [-0.15, -0.1) is 0 Å². The van der Waals surface area contributed by atoms with Crippen LogP contribution in [0.4, 0.5) is 0 Å². The molecule has 8 aliphatic rings. The molecule has 0 spiro atoms. The third-order valence-corrected chi connectivity index (χ3v) is 22.9. The second kappa shape index (κ2) is 40.4. The third kappa shape index (κ3) is 21.9. The van der Waals surface area contributed by atoms with Crippen LogP contribution in [0, 0.1) is 23.7 Å². The molecule has 17 unspecified atom stereocenters. The van der Waals surface area contributed by atoms with Crippen LogP contribution in [0.25, 0.3) is 20.9 Å². The van der Waals surface area contributed by atoms with Crippen LogP contribution in [-0.2, 0) is 134 Å². The Morgan fingerprint density at radius 3 is 1.07 bits per heavy atom. The van der Waals surface area contributed by atoms with Crippen molar-refractivity contribution in [2.75, 3.05) is 26.4 Å². The van der Waals surface area contributed by atoms with Crippen molar-refractivity contribution < 1.29 is 99.8 Å². The first-order valence-electron chi connectivity index (χ1n) is 39.6. The zero-order chi connectivity index (χ0) is 79.9. The van der Waals surface area contributed by atoms with Gasteiger partial charge in [-0.2, -0.15) is 0 Å². The zero-order valence-corrected chi connectivity index (χ0v) is 67.8. The van der Waals surface area contributed by atoms with Crippen molar-refractivity contribution in [1.29, 1.82) is 0 Å². The van der Waals surface area contributed by atoms with Gasteiger partial charge in [-0.05, 0) is 97.8 Å². The van der Waals surface area contributed by atoms with Crippen LogP contribution in [-0.4, -0.2) is 189 Å². The standard InChI is InChI=1S/C43H54BrN3O10.C43H55N3O11/c1-26-34(46-47-45)32(24-48-21-29-15-9-6-10-16-29)53-40(44)36(26)54-42-39-38(56-43(4,5)57-39)37(28(3)52-42)55-41-27(2)35(50-23-31-19-13-8-14-20-31)33(25-51-41)49-22-30-17-11-7-12-18-30;1-26-34(45-46-44)32(24-48-21-29-15-9-6-10-16-29)53-40(47)36(26)54-42-39-38(56-43(4,5)57-39)37(28(3)52-42)55-41-27(2)35(50-23-31-19-13-8-14-20-31)33(25-51-41)49-22-30-17-11-7-12-18-30/h6-20,26-28,32-42H,21-25H2,1-5H3;6-20,26-28,32-42,47H,21-25H2,1-5H3/t26?,27?,28?,32?,33-,34-,35?,36?,37+,38?,39?,40+,41+,42+;26?,27?,28?,32?,33-,34-,35?,36?,37+,38?,39?,40?,41+,42+/m11/s1. The van der Waals surface area contributed by atoms with Crippen LogP contribution >= 0.6 is 15.9 Å². The lowest BCUT2D eigenvalue weighted by Gasteiger charge is -2.48. The highest BCUT2D eigenvalue weighted by atomic mass is 79.9. The third-order valence-electron chi connectivity index (χ3n) is 22.2. The number of hydrogen-bond donors (Lipinski definition) is 1.